The molecule has 0 heterocycles. The first-order chi connectivity index (χ1) is 8.47. The summed E-state index contributed by atoms with van der Waals surface area (Å²) in [6, 6.07) is 8.43. The Morgan fingerprint density at radius 3 is 2.78 bits per heavy atom. The van der Waals surface area contributed by atoms with Crippen molar-refractivity contribution in [2.24, 2.45) is 0 Å². The third kappa shape index (κ3) is 3.33. The van der Waals surface area contributed by atoms with Gasteiger partial charge >= 0.3 is 0 Å². The fourth-order valence-corrected chi connectivity index (χ4v) is 4.17. The SMILES string of the molecule is Cc1cccc(CNC2CCCC2S(C)(=O)=O)c1. The zero-order valence-corrected chi connectivity index (χ0v) is 11.8. The molecule has 1 aliphatic carbocycles. The van der Waals surface area contributed by atoms with E-state index >= 15 is 0 Å². The summed E-state index contributed by atoms with van der Waals surface area (Å²) in [7, 11) is -2.93. The van der Waals surface area contributed by atoms with Gasteiger partial charge in [-0.1, -0.05) is 36.2 Å². The number of benzene rings is 1. The smallest absolute Gasteiger partial charge is 0.151 e. The van der Waals surface area contributed by atoms with Gasteiger partial charge in [-0.15, -0.1) is 0 Å². The minimum Gasteiger partial charge on any atom is -0.309 e. The second-order valence-corrected chi connectivity index (χ2v) is 7.54. The van der Waals surface area contributed by atoms with E-state index in [9.17, 15) is 8.42 Å². The highest BCUT2D eigenvalue weighted by Crippen LogP contribution is 2.25. The van der Waals surface area contributed by atoms with Crippen LogP contribution in [0.3, 0.4) is 0 Å². The maximum atomic E-state index is 11.7. The summed E-state index contributed by atoms with van der Waals surface area (Å²) >= 11 is 0. The number of sulfone groups is 1. The summed E-state index contributed by atoms with van der Waals surface area (Å²) in [5.74, 6) is 0. The van der Waals surface area contributed by atoms with Crippen LogP contribution in [0.2, 0.25) is 0 Å². The quantitative estimate of drug-likeness (QED) is 0.908. The average molecular weight is 267 g/mol. The van der Waals surface area contributed by atoms with Gasteiger partial charge in [-0.2, -0.15) is 0 Å². The summed E-state index contributed by atoms with van der Waals surface area (Å²) in [5, 5.41) is 3.20. The Morgan fingerprint density at radius 1 is 1.33 bits per heavy atom. The Bertz CT molecular complexity index is 510. The molecule has 0 aromatic heterocycles. The highest BCUT2D eigenvalue weighted by atomic mass is 32.2. The van der Waals surface area contributed by atoms with E-state index in [1.54, 1.807) is 0 Å². The predicted octanol–water partition coefficient (Wildman–Crippen LogP) is 2.05. The molecule has 1 fully saturated rings. The molecule has 0 bridgehead atoms. The molecule has 0 saturated heterocycles. The molecule has 2 unspecified atom stereocenters. The first kappa shape index (κ1) is 13.6. The first-order valence-corrected chi connectivity index (χ1v) is 8.40. The summed E-state index contributed by atoms with van der Waals surface area (Å²) in [6.45, 7) is 2.82. The normalized spacial score (nSPS) is 24.3. The number of hydrogen-bond donors (Lipinski definition) is 1. The van der Waals surface area contributed by atoms with Crippen molar-refractivity contribution in [3.05, 3.63) is 35.4 Å². The largest absolute Gasteiger partial charge is 0.309 e. The van der Waals surface area contributed by atoms with Gasteiger partial charge in [0.15, 0.2) is 9.84 Å². The van der Waals surface area contributed by atoms with Crippen LogP contribution in [0.1, 0.15) is 30.4 Å². The minimum absolute atomic E-state index is 0.112. The second-order valence-electron chi connectivity index (χ2n) is 5.28. The molecule has 0 spiro atoms. The van der Waals surface area contributed by atoms with Crippen molar-refractivity contribution in [2.45, 2.75) is 44.0 Å². The standard InChI is InChI=1S/C14H21NO2S/c1-11-5-3-6-12(9-11)10-15-13-7-4-8-14(13)18(2,16)17/h3,5-6,9,13-15H,4,7-8,10H2,1-2H3. The van der Waals surface area contributed by atoms with Crippen LogP contribution in [0.5, 0.6) is 0 Å². The zero-order chi connectivity index (χ0) is 13.2. The molecule has 1 aromatic carbocycles. The predicted molar refractivity (Wildman–Crippen MR) is 74.3 cm³/mol. The number of nitrogens with one attached hydrogen (secondary N) is 1. The molecule has 3 nitrogen and oxygen atoms in total. The van der Waals surface area contributed by atoms with Gasteiger partial charge in [-0.3, -0.25) is 0 Å². The lowest BCUT2D eigenvalue weighted by atomic mass is 10.1. The van der Waals surface area contributed by atoms with E-state index in [1.807, 2.05) is 6.07 Å². The molecule has 1 saturated carbocycles. The van der Waals surface area contributed by atoms with Crippen molar-refractivity contribution in [3.8, 4) is 0 Å². The highest BCUT2D eigenvalue weighted by Gasteiger charge is 2.34. The molecule has 0 radical (unpaired) electrons. The van der Waals surface area contributed by atoms with Crippen LogP contribution in [-0.4, -0.2) is 26.0 Å². The van der Waals surface area contributed by atoms with Crippen molar-refractivity contribution in [1.29, 1.82) is 0 Å². The number of rotatable bonds is 4. The molecule has 18 heavy (non-hydrogen) atoms. The lowest BCUT2D eigenvalue weighted by Gasteiger charge is -2.19. The summed E-state index contributed by atoms with van der Waals surface area (Å²) in [6.07, 6.45) is 4.11. The van der Waals surface area contributed by atoms with Gasteiger partial charge < -0.3 is 5.32 Å². The average Bonchev–Trinajstić information content (AvgIpc) is 2.74. The fraction of sp³-hybridized carbons (Fsp3) is 0.571. The molecule has 1 aliphatic rings. The van der Waals surface area contributed by atoms with Crippen LogP contribution >= 0.6 is 0 Å². The van der Waals surface area contributed by atoms with Gasteiger partial charge in [0.25, 0.3) is 0 Å². The van der Waals surface area contributed by atoms with Crippen LogP contribution in [0.15, 0.2) is 24.3 Å². The van der Waals surface area contributed by atoms with Gasteiger partial charge in [-0.25, -0.2) is 8.42 Å². The Kier molecular flexibility index (Phi) is 4.07. The molecule has 0 aliphatic heterocycles. The van der Waals surface area contributed by atoms with E-state index in [-0.39, 0.29) is 11.3 Å². The fourth-order valence-electron chi connectivity index (χ4n) is 2.74. The first-order valence-electron chi connectivity index (χ1n) is 6.44. The molecule has 4 heteroatoms. The lowest BCUT2D eigenvalue weighted by Crippen LogP contribution is -2.39. The highest BCUT2D eigenvalue weighted by molar-refractivity contribution is 7.91. The topological polar surface area (TPSA) is 46.2 Å². The summed E-state index contributed by atoms with van der Waals surface area (Å²) < 4.78 is 23.3. The van der Waals surface area contributed by atoms with Gasteiger partial charge in [0.05, 0.1) is 5.25 Å². The third-order valence-corrected chi connectivity index (χ3v) is 5.32. The Hall–Kier alpha value is -0.870. The van der Waals surface area contributed by atoms with Gasteiger partial charge in [0.2, 0.25) is 0 Å². The molecule has 1 N–H and O–H groups in total. The Morgan fingerprint density at radius 2 is 2.11 bits per heavy atom. The van der Waals surface area contributed by atoms with E-state index in [4.69, 9.17) is 0 Å². The second kappa shape index (κ2) is 5.41. The molecule has 1 aromatic rings. The Balaban J connectivity index is 1.98. The van der Waals surface area contributed by atoms with Crippen molar-refractivity contribution in [1.82, 2.24) is 5.32 Å². The monoisotopic (exact) mass is 267 g/mol. The zero-order valence-electron chi connectivity index (χ0n) is 11.0. The van der Waals surface area contributed by atoms with E-state index in [0.29, 0.717) is 0 Å². The maximum Gasteiger partial charge on any atom is 0.151 e. The molecule has 0 amide bonds. The van der Waals surface area contributed by atoms with Gasteiger partial charge in [-0.05, 0) is 25.3 Å². The van der Waals surface area contributed by atoms with Crippen molar-refractivity contribution in [3.63, 3.8) is 0 Å². The van der Waals surface area contributed by atoms with Gasteiger partial charge in [0.1, 0.15) is 0 Å². The maximum absolute atomic E-state index is 11.7. The minimum atomic E-state index is -2.93. The van der Waals surface area contributed by atoms with Crippen LogP contribution in [0.25, 0.3) is 0 Å². The van der Waals surface area contributed by atoms with Crippen molar-refractivity contribution >= 4 is 9.84 Å². The van der Waals surface area contributed by atoms with E-state index in [0.717, 1.165) is 25.8 Å². The number of aryl methyl sites for hydroxylation is 1. The van der Waals surface area contributed by atoms with Crippen LogP contribution in [-0.2, 0) is 16.4 Å². The molecular formula is C14H21NO2S. The third-order valence-electron chi connectivity index (χ3n) is 3.65. The lowest BCUT2D eigenvalue weighted by molar-refractivity contribution is 0.507. The van der Waals surface area contributed by atoms with E-state index < -0.39 is 9.84 Å². The van der Waals surface area contributed by atoms with E-state index in [1.165, 1.54) is 17.4 Å². The number of hydrogen-bond acceptors (Lipinski definition) is 3. The molecule has 100 valence electrons. The molecule has 2 rings (SSSR count). The Labute approximate surface area is 110 Å². The molecule has 2 atom stereocenters. The summed E-state index contributed by atoms with van der Waals surface area (Å²) in [5.41, 5.74) is 2.45. The van der Waals surface area contributed by atoms with Crippen LogP contribution in [0.4, 0.5) is 0 Å². The van der Waals surface area contributed by atoms with Crippen LogP contribution in [0, 0.1) is 6.92 Å². The van der Waals surface area contributed by atoms with E-state index in [2.05, 4.69) is 30.4 Å². The van der Waals surface area contributed by atoms with Crippen molar-refractivity contribution < 1.29 is 8.42 Å². The van der Waals surface area contributed by atoms with Crippen molar-refractivity contribution in [2.75, 3.05) is 6.26 Å². The molecular weight excluding hydrogens is 246 g/mol. The van der Waals surface area contributed by atoms with Gasteiger partial charge in [0, 0.05) is 18.8 Å². The van der Waals surface area contributed by atoms with Crippen LogP contribution < -0.4 is 5.32 Å². The summed E-state index contributed by atoms with van der Waals surface area (Å²) in [4.78, 5) is 0.